The van der Waals surface area contributed by atoms with Crippen molar-refractivity contribution in [3.8, 4) is 0 Å². The van der Waals surface area contributed by atoms with Crippen LogP contribution in [0.2, 0.25) is 19.6 Å². The first-order valence-electron chi connectivity index (χ1n) is 11.9. The molecule has 0 saturated carbocycles. The predicted molar refractivity (Wildman–Crippen MR) is 129 cm³/mol. The van der Waals surface area contributed by atoms with Crippen LogP contribution in [0, 0.1) is 0 Å². The smallest absolute Gasteiger partial charge is 0.347 e. The maximum absolute atomic E-state index is 6.92. The summed E-state index contributed by atoms with van der Waals surface area (Å²) in [6.45, 7) is 13.1. The Bertz CT molecular complexity index is 409. The third-order valence-electron chi connectivity index (χ3n) is 6.28. The first-order valence-corrected chi connectivity index (χ1v) is 19.1. The van der Waals surface area contributed by atoms with Gasteiger partial charge in [-0.25, -0.2) is 0 Å². The number of hydrogen-bond acceptors (Lipinski definition) is 6. The van der Waals surface area contributed by atoms with Gasteiger partial charge in [-0.2, -0.15) is 0 Å². The van der Waals surface area contributed by atoms with Crippen LogP contribution in [0.15, 0.2) is 0 Å². The summed E-state index contributed by atoms with van der Waals surface area (Å²) in [5.41, 5.74) is -0.0629. The molecule has 0 aromatic carbocycles. The van der Waals surface area contributed by atoms with E-state index in [1.807, 2.05) is 0 Å². The topological polar surface area (TPSA) is 55.4 Å². The zero-order valence-corrected chi connectivity index (χ0v) is 24.0. The van der Waals surface area contributed by atoms with Crippen LogP contribution in [0.5, 0.6) is 0 Å². The van der Waals surface area contributed by atoms with Crippen LogP contribution < -0.4 is 0 Å². The van der Waals surface area contributed by atoms with Crippen LogP contribution in [0.4, 0.5) is 0 Å². The minimum absolute atomic E-state index is 0.0210. The van der Waals surface area contributed by atoms with Gasteiger partial charge in [-0.3, -0.25) is 0 Å². The number of hydrogen-bond donors (Lipinski definition) is 0. The molecule has 3 unspecified atom stereocenters. The van der Waals surface area contributed by atoms with E-state index in [1.165, 1.54) is 0 Å². The fourth-order valence-electron chi connectivity index (χ4n) is 4.61. The van der Waals surface area contributed by atoms with Gasteiger partial charge < -0.3 is 26.6 Å². The molecule has 1 saturated heterocycles. The van der Waals surface area contributed by atoms with Crippen molar-refractivity contribution in [2.24, 2.45) is 0 Å². The van der Waals surface area contributed by atoms with Gasteiger partial charge in [0.15, 0.2) is 0 Å². The molecule has 6 nitrogen and oxygen atoms in total. The highest BCUT2D eigenvalue weighted by Gasteiger charge is 2.64. The van der Waals surface area contributed by atoms with Gasteiger partial charge in [0.1, 0.15) is 0 Å². The van der Waals surface area contributed by atoms with E-state index in [1.54, 1.807) is 21.3 Å². The number of ether oxygens (including phenoxy) is 3. The first kappa shape index (κ1) is 28.4. The normalized spacial score (nSPS) is 32.7. The van der Waals surface area contributed by atoms with E-state index >= 15 is 0 Å². The quantitative estimate of drug-likeness (QED) is 0.289. The molecule has 0 radical (unpaired) electrons. The van der Waals surface area contributed by atoms with E-state index in [0.29, 0.717) is 0 Å². The van der Waals surface area contributed by atoms with Gasteiger partial charge in [-0.05, 0) is 38.9 Å². The van der Waals surface area contributed by atoms with Crippen molar-refractivity contribution in [3.63, 3.8) is 0 Å². The molecule has 0 bridgehead atoms. The van der Waals surface area contributed by atoms with Crippen LogP contribution in [-0.4, -0.2) is 64.2 Å². The second-order valence-corrected chi connectivity index (χ2v) is 19.4. The minimum atomic E-state index is -2.69. The lowest BCUT2D eigenvalue weighted by Crippen LogP contribution is -2.77. The van der Waals surface area contributed by atoms with E-state index in [0.717, 1.165) is 57.8 Å². The van der Waals surface area contributed by atoms with E-state index in [4.69, 9.17) is 26.6 Å². The Hall–Kier alpha value is 0.411. The van der Waals surface area contributed by atoms with Crippen LogP contribution in [0.3, 0.4) is 0 Å². The zero-order valence-electron chi connectivity index (χ0n) is 21.0. The van der Waals surface area contributed by atoms with Crippen molar-refractivity contribution in [3.05, 3.63) is 0 Å². The highest BCUT2D eigenvalue weighted by molar-refractivity contribution is 6.94. The van der Waals surface area contributed by atoms with E-state index < -0.39 is 25.7 Å². The molecule has 0 N–H and O–H groups in total. The molecule has 1 rings (SSSR count). The van der Waals surface area contributed by atoms with Crippen molar-refractivity contribution in [1.29, 1.82) is 0 Å². The fourth-order valence-corrected chi connectivity index (χ4v) is 22.5. The zero-order chi connectivity index (χ0) is 22.8. The lowest BCUT2D eigenvalue weighted by Gasteiger charge is -2.55. The van der Waals surface area contributed by atoms with Crippen LogP contribution in [0.1, 0.15) is 78.6 Å². The van der Waals surface area contributed by atoms with Crippen LogP contribution >= 0.6 is 0 Å². The molecule has 0 spiro atoms. The molecule has 30 heavy (non-hydrogen) atoms. The number of rotatable bonds is 15. The third-order valence-corrected chi connectivity index (χ3v) is 21.1. The Labute approximate surface area is 189 Å². The Morgan fingerprint density at radius 2 is 0.767 bits per heavy atom. The number of unbranched alkanes of at least 4 members (excludes halogenated alkanes) is 3. The highest BCUT2D eigenvalue weighted by Crippen LogP contribution is 2.40. The minimum Gasteiger partial charge on any atom is -0.413 e. The summed E-state index contributed by atoms with van der Waals surface area (Å²) in [7, 11) is -2.72. The summed E-state index contributed by atoms with van der Waals surface area (Å²) in [5.74, 6) is 0. The summed E-state index contributed by atoms with van der Waals surface area (Å²) in [6, 6.07) is 0. The van der Waals surface area contributed by atoms with Crippen molar-refractivity contribution < 1.29 is 26.6 Å². The monoisotopic (exact) mass is 480 g/mol. The molecule has 0 aromatic heterocycles. The van der Waals surface area contributed by atoms with Gasteiger partial charge in [-0.1, -0.05) is 59.3 Å². The summed E-state index contributed by atoms with van der Waals surface area (Å²) in [5, 5.41) is 0. The van der Waals surface area contributed by atoms with Gasteiger partial charge in [0.05, 0.1) is 17.2 Å². The van der Waals surface area contributed by atoms with Crippen molar-refractivity contribution in [2.45, 2.75) is 115 Å². The third kappa shape index (κ3) is 7.21. The maximum atomic E-state index is 6.92. The van der Waals surface area contributed by atoms with Gasteiger partial charge in [-0.15, -0.1) is 0 Å². The predicted octanol–water partition coefficient (Wildman–Crippen LogP) is 5.50. The molecule has 3 atom stereocenters. The summed E-state index contributed by atoms with van der Waals surface area (Å²) in [4.78, 5) is 0. The lowest BCUT2D eigenvalue weighted by atomic mass is 10.3. The first-order chi connectivity index (χ1) is 14.2. The van der Waals surface area contributed by atoms with Gasteiger partial charge in [0.25, 0.3) is 0 Å². The van der Waals surface area contributed by atoms with Crippen molar-refractivity contribution in [1.82, 2.24) is 0 Å². The molecule has 0 aliphatic carbocycles. The second kappa shape index (κ2) is 13.2. The largest absolute Gasteiger partial charge is 0.413 e. The molecular formula is C21H48O6Si3. The molecule has 1 fully saturated rings. The molecule has 0 aromatic rings. The van der Waals surface area contributed by atoms with Gasteiger partial charge in [0.2, 0.25) is 0 Å². The maximum Gasteiger partial charge on any atom is 0.347 e. The van der Waals surface area contributed by atoms with E-state index in [-0.39, 0.29) is 17.2 Å². The Kier molecular flexibility index (Phi) is 12.5. The standard InChI is InChI=1S/C21H48O6Si3/c1-10-13-16-19(22-4)28(7)25-29(8,20(23-5)17-14-11-2)27-30(9,26-28)21(24-6)18-15-12-3/h19-21H,10-18H2,1-9H3. The number of methoxy groups -OCH3 is 3. The second-order valence-electron chi connectivity index (χ2n) is 8.95. The fraction of sp³-hybridized carbons (Fsp3) is 1.00. The Morgan fingerprint density at radius 3 is 0.933 bits per heavy atom. The van der Waals surface area contributed by atoms with Crippen molar-refractivity contribution >= 4 is 25.7 Å². The highest BCUT2D eigenvalue weighted by atomic mass is 28.5. The van der Waals surface area contributed by atoms with Gasteiger partial charge >= 0.3 is 25.7 Å². The van der Waals surface area contributed by atoms with E-state index in [2.05, 4.69) is 40.4 Å². The summed E-state index contributed by atoms with van der Waals surface area (Å²) >= 11 is 0. The molecule has 180 valence electrons. The van der Waals surface area contributed by atoms with Crippen molar-refractivity contribution in [2.75, 3.05) is 21.3 Å². The Morgan fingerprint density at radius 1 is 0.533 bits per heavy atom. The molecular weight excluding hydrogens is 432 g/mol. The van der Waals surface area contributed by atoms with Crippen LogP contribution in [0.25, 0.3) is 0 Å². The Balaban J connectivity index is 3.35. The average Bonchev–Trinajstić information content (AvgIpc) is 2.68. The molecule has 9 heteroatoms. The lowest BCUT2D eigenvalue weighted by molar-refractivity contribution is 0.0475. The molecule has 1 aliphatic heterocycles. The van der Waals surface area contributed by atoms with Gasteiger partial charge in [0, 0.05) is 21.3 Å². The summed E-state index contributed by atoms with van der Waals surface area (Å²) in [6.07, 6.45) is 9.50. The SMILES string of the molecule is CCCCC(OC)[Si]1(C)O[Si](C)(C(CCCC)OC)O[Si](C)(C(CCCC)OC)O1. The average molecular weight is 481 g/mol. The molecule has 1 heterocycles. The summed E-state index contributed by atoms with van der Waals surface area (Å²) < 4.78 is 38.7. The molecule has 1 aliphatic rings. The molecule has 0 amide bonds. The van der Waals surface area contributed by atoms with Crippen LogP contribution in [-0.2, 0) is 26.6 Å². The van der Waals surface area contributed by atoms with E-state index in [9.17, 15) is 0 Å².